The Kier molecular flexibility index (Phi) is 10.2. The van der Waals surface area contributed by atoms with Crippen molar-refractivity contribution in [1.82, 2.24) is 15.3 Å². The number of nitrogens with one attached hydrogen (secondary N) is 1. The fourth-order valence-electron chi connectivity index (χ4n) is 4.17. The molecule has 2 aromatic carbocycles. The molecule has 3 N–H and O–H groups in total. The van der Waals surface area contributed by atoms with Gasteiger partial charge in [-0.25, -0.2) is 0 Å². The van der Waals surface area contributed by atoms with Gasteiger partial charge in [0.1, 0.15) is 30.8 Å². The summed E-state index contributed by atoms with van der Waals surface area (Å²) in [5, 5.41) is 31.4. The highest BCUT2D eigenvalue weighted by atomic mass is 35.5. The summed E-state index contributed by atoms with van der Waals surface area (Å²) in [6.45, 7) is 2.71. The van der Waals surface area contributed by atoms with E-state index in [1.54, 1.807) is 30.6 Å². The van der Waals surface area contributed by atoms with E-state index in [0.717, 1.165) is 22.3 Å². The first kappa shape index (κ1) is 29.5. The number of carbonyl (C=O) groups is 1. The average molecular weight is 573 g/mol. The van der Waals surface area contributed by atoms with Gasteiger partial charge in [-0.05, 0) is 30.2 Å². The highest BCUT2D eigenvalue weighted by molar-refractivity contribution is 6.32. The maximum atomic E-state index is 10.9. The molecule has 0 aliphatic heterocycles. The van der Waals surface area contributed by atoms with Gasteiger partial charge in [0.05, 0.1) is 23.1 Å². The second-order valence-corrected chi connectivity index (χ2v) is 9.79. The van der Waals surface area contributed by atoms with Crippen molar-refractivity contribution in [2.24, 2.45) is 0 Å². The van der Waals surface area contributed by atoms with Crippen molar-refractivity contribution in [3.63, 3.8) is 0 Å². The number of benzene rings is 2. The summed E-state index contributed by atoms with van der Waals surface area (Å²) in [4.78, 5) is 19.3. The third-order valence-electron chi connectivity index (χ3n) is 6.33. The molecule has 0 bridgehead atoms. The smallest absolute Gasteiger partial charge is 0.306 e. The largest absolute Gasteiger partial charge is 0.488 e. The molecule has 0 fully saturated rings. The van der Waals surface area contributed by atoms with Crippen molar-refractivity contribution < 1.29 is 24.5 Å². The number of aliphatic hydroxyl groups is 1. The van der Waals surface area contributed by atoms with Crippen LogP contribution in [0.2, 0.25) is 5.02 Å². The lowest BCUT2D eigenvalue weighted by molar-refractivity contribution is -0.139. The van der Waals surface area contributed by atoms with Crippen LogP contribution >= 0.6 is 11.6 Å². The highest BCUT2D eigenvalue weighted by Gasteiger charge is 2.15. The van der Waals surface area contributed by atoms with Crippen molar-refractivity contribution in [3.05, 3.63) is 106 Å². The second kappa shape index (κ2) is 14.2. The molecular weight excluding hydrogens is 544 g/mol. The van der Waals surface area contributed by atoms with E-state index in [9.17, 15) is 15.2 Å². The zero-order valence-electron chi connectivity index (χ0n) is 22.4. The summed E-state index contributed by atoms with van der Waals surface area (Å²) in [7, 11) is 0. The standard InChI is InChI=1S/C31H29ClN4O5/c1-20-25(15-36-17-27(20)23-5-3-2-4-6-23)19-41-30-10-29(40-18-22-7-21(11-33)12-34-13-22)24(8-28(30)32)14-35-16-26(37)9-31(38)39/h2-8,10,12-13,15,17,26,35,37H,9,14,16,18-19H2,1H3,(H,38,39)/t26-/m0/s1. The molecule has 9 nitrogen and oxygen atoms in total. The number of nitrogens with zero attached hydrogens (tertiary/aromatic N) is 3. The molecule has 0 spiro atoms. The van der Waals surface area contributed by atoms with Gasteiger partial charge in [-0.2, -0.15) is 5.26 Å². The number of rotatable bonds is 13. The molecule has 2 aromatic heterocycles. The van der Waals surface area contributed by atoms with Crippen LogP contribution in [0, 0.1) is 18.3 Å². The van der Waals surface area contributed by atoms with Crippen molar-refractivity contribution in [1.29, 1.82) is 5.26 Å². The van der Waals surface area contributed by atoms with Gasteiger partial charge in [0.25, 0.3) is 0 Å². The normalized spacial score (nSPS) is 11.5. The van der Waals surface area contributed by atoms with E-state index in [1.165, 1.54) is 6.20 Å². The molecule has 0 saturated carbocycles. The molecule has 0 radical (unpaired) electrons. The number of hydrogen-bond donors (Lipinski definition) is 3. The average Bonchev–Trinajstić information content (AvgIpc) is 2.97. The molecule has 2 heterocycles. The monoisotopic (exact) mass is 572 g/mol. The molecule has 0 saturated heterocycles. The van der Waals surface area contributed by atoms with Gasteiger partial charge < -0.3 is 25.0 Å². The predicted molar refractivity (Wildman–Crippen MR) is 153 cm³/mol. The van der Waals surface area contributed by atoms with E-state index in [2.05, 4.69) is 21.4 Å². The molecule has 41 heavy (non-hydrogen) atoms. The van der Waals surface area contributed by atoms with Gasteiger partial charge in [0.15, 0.2) is 0 Å². The maximum absolute atomic E-state index is 10.9. The minimum atomic E-state index is -1.08. The third-order valence-corrected chi connectivity index (χ3v) is 6.62. The number of halogens is 1. The number of pyridine rings is 2. The Morgan fingerprint density at radius 2 is 1.78 bits per heavy atom. The third kappa shape index (κ3) is 8.25. The first-order valence-corrected chi connectivity index (χ1v) is 13.2. The van der Waals surface area contributed by atoms with Crippen LogP contribution in [0.25, 0.3) is 11.1 Å². The Labute approximate surface area is 243 Å². The highest BCUT2D eigenvalue weighted by Crippen LogP contribution is 2.34. The second-order valence-electron chi connectivity index (χ2n) is 9.38. The van der Waals surface area contributed by atoms with Crippen LogP contribution in [0.15, 0.2) is 73.3 Å². The zero-order valence-corrected chi connectivity index (χ0v) is 23.1. The van der Waals surface area contributed by atoms with E-state index in [4.69, 9.17) is 26.2 Å². The quantitative estimate of drug-likeness (QED) is 0.201. The number of carboxylic acid groups (broad SMARTS) is 1. The van der Waals surface area contributed by atoms with Gasteiger partial charge in [0.2, 0.25) is 0 Å². The van der Waals surface area contributed by atoms with Gasteiger partial charge in [-0.15, -0.1) is 0 Å². The summed E-state index contributed by atoms with van der Waals surface area (Å²) in [5.74, 6) is -0.203. The first-order valence-electron chi connectivity index (χ1n) is 12.9. The van der Waals surface area contributed by atoms with Crippen LogP contribution in [0.5, 0.6) is 11.5 Å². The van der Waals surface area contributed by atoms with Gasteiger partial charge in [-0.1, -0.05) is 41.9 Å². The Bertz CT molecular complexity index is 1540. The van der Waals surface area contributed by atoms with E-state index in [-0.39, 0.29) is 32.7 Å². The molecule has 0 unspecified atom stereocenters. The summed E-state index contributed by atoms with van der Waals surface area (Å²) in [6, 6.07) is 17.1. The Morgan fingerprint density at radius 3 is 2.54 bits per heavy atom. The maximum Gasteiger partial charge on any atom is 0.306 e. The first-order chi connectivity index (χ1) is 19.8. The van der Waals surface area contributed by atoms with Crippen LogP contribution in [-0.4, -0.2) is 38.8 Å². The van der Waals surface area contributed by atoms with E-state index in [0.29, 0.717) is 33.2 Å². The van der Waals surface area contributed by atoms with E-state index < -0.39 is 12.1 Å². The summed E-state index contributed by atoms with van der Waals surface area (Å²) >= 11 is 6.60. The van der Waals surface area contributed by atoms with Crippen LogP contribution in [0.1, 0.15) is 34.2 Å². The Balaban J connectivity index is 1.54. The van der Waals surface area contributed by atoms with Crippen molar-refractivity contribution in [3.8, 4) is 28.7 Å². The number of carboxylic acids is 1. The Hall–Kier alpha value is -4.49. The van der Waals surface area contributed by atoms with Gasteiger partial charge >= 0.3 is 5.97 Å². The number of nitriles is 1. The lowest BCUT2D eigenvalue weighted by Gasteiger charge is -2.17. The molecule has 4 rings (SSSR count). The Morgan fingerprint density at radius 1 is 1.02 bits per heavy atom. The number of aromatic nitrogens is 2. The zero-order chi connectivity index (χ0) is 29.2. The summed E-state index contributed by atoms with van der Waals surface area (Å²) in [6.07, 6.45) is 5.27. The van der Waals surface area contributed by atoms with E-state index >= 15 is 0 Å². The minimum Gasteiger partial charge on any atom is -0.488 e. The molecule has 0 aliphatic carbocycles. The van der Waals surface area contributed by atoms with Crippen molar-refractivity contribution in [2.75, 3.05) is 6.54 Å². The molecule has 0 aliphatic rings. The van der Waals surface area contributed by atoms with Crippen molar-refractivity contribution in [2.45, 2.75) is 39.2 Å². The summed E-state index contributed by atoms with van der Waals surface area (Å²) < 4.78 is 12.2. The number of aliphatic hydroxyl groups excluding tert-OH is 1. The number of hydrogen-bond acceptors (Lipinski definition) is 8. The molecule has 1 atom stereocenters. The predicted octanol–water partition coefficient (Wildman–Crippen LogP) is 5.06. The van der Waals surface area contributed by atoms with Crippen LogP contribution < -0.4 is 14.8 Å². The molecule has 210 valence electrons. The van der Waals surface area contributed by atoms with Gasteiger partial charge in [-0.3, -0.25) is 14.8 Å². The molecule has 10 heteroatoms. The molecule has 4 aromatic rings. The fraction of sp³-hybridized carbons (Fsp3) is 0.226. The van der Waals surface area contributed by atoms with Crippen molar-refractivity contribution >= 4 is 17.6 Å². The van der Waals surface area contributed by atoms with Crippen LogP contribution in [-0.2, 0) is 24.6 Å². The van der Waals surface area contributed by atoms with Gasteiger partial charge in [0, 0.05) is 66.2 Å². The molecular formula is C31H29ClN4O5. The van der Waals surface area contributed by atoms with Crippen LogP contribution in [0.3, 0.4) is 0 Å². The van der Waals surface area contributed by atoms with Crippen LogP contribution in [0.4, 0.5) is 0 Å². The number of ether oxygens (including phenoxy) is 2. The SMILES string of the molecule is Cc1c(COc2cc(OCc3cncc(C#N)c3)c(CNC[C@@H](O)CC(=O)O)cc2Cl)cncc1-c1ccccc1. The lowest BCUT2D eigenvalue weighted by Crippen LogP contribution is -2.28. The lowest BCUT2D eigenvalue weighted by atomic mass is 10.00. The number of aliphatic carboxylic acids is 1. The summed E-state index contributed by atoms with van der Waals surface area (Å²) in [5.41, 5.74) is 5.83. The molecule has 0 amide bonds. The minimum absolute atomic E-state index is 0.0692. The fourth-order valence-corrected chi connectivity index (χ4v) is 4.41. The topological polar surface area (TPSA) is 138 Å². The van der Waals surface area contributed by atoms with E-state index in [1.807, 2.05) is 43.5 Å².